The second-order valence-electron chi connectivity index (χ2n) is 23.5. The minimum absolute atomic E-state index is 0.0288. The maximum atomic E-state index is 12.9. The van der Waals surface area contributed by atoms with E-state index in [1.165, 1.54) is 167 Å². The predicted molar refractivity (Wildman–Crippen MR) is 348 cm³/mol. The van der Waals surface area contributed by atoms with E-state index in [1.807, 2.05) is 21.1 Å². The number of hydrogen-bond acceptors (Lipinski definition) is 7. The smallest absolute Gasteiger partial charge is 0.462 e. The number of ether oxygens (including phenoxy) is 2. The van der Waals surface area contributed by atoms with Crippen LogP contribution < -0.4 is 0 Å². The molecule has 0 aliphatic rings. The first-order valence-corrected chi connectivity index (χ1v) is 35.0. The van der Waals surface area contributed by atoms with E-state index < -0.39 is 26.5 Å². The highest BCUT2D eigenvalue weighted by atomic mass is 31.2. The minimum Gasteiger partial charge on any atom is -0.462 e. The molecule has 0 fully saturated rings. The number of carbonyl (C=O) groups excluding carboxylic acids is 2. The lowest BCUT2D eigenvalue weighted by Crippen LogP contribution is -2.37. The van der Waals surface area contributed by atoms with Gasteiger partial charge in [-0.25, -0.2) is 4.57 Å². The molecule has 9 nitrogen and oxygen atoms in total. The third-order valence-corrected chi connectivity index (χ3v) is 15.3. The number of carbonyl (C=O) groups is 2. The summed E-state index contributed by atoms with van der Waals surface area (Å²) in [7, 11) is 1.48. The first-order valence-electron chi connectivity index (χ1n) is 33.5. The summed E-state index contributed by atoms with van der Waals surface area (Å²) in [4.78, 5) is 35.8. The van der Waals surface area contributed by atoms with Crippen LogP contribution in [0.25, 0.3) is 0 Å². The highest BCUT2D eigenvalue weighted by molar-refractivity contribution is 7.47. The Bertz CT molecular complexity index is 1690. The maximum Gasteiger partial charge on any atom is 0.472 e. The van der Waals surface area contributed by atoms with Crippen LogP contribution in [-0.4, -0.2) is 74.9 Å². The topological polar surface area (TPSA) is 108 Å². The normalized spacial score (nSPS) is 13.8. The van der Waals surface area contributed by atoms with Crippen molar-refractivity contribution in [3.63, 3.8) is 0 Å². The fourth-order valence-electron chi connectivity index (χ4n) is 9.23. The molecule has 0 aliphatic carbocycles. The second-order valence-corrected chi connectivity index (χ2v) is 24.9. The Morgan fingerprint density at radius 3 is 1.05 bits per heavy atom. The summed E-state index contributed by atoms with van der Waals surface area (Å²) in [6, 6.07) is 0. The number of allylic oxidation sites excluding steroid dienone is 16. The average molecular weight is 1150 g/mol. The van der Waals surface area contributed by atoms with Crippen LogP contribution in [0.15, 0.2) is 97.2 Å². The van der Waals surface area contributed by atoms with Crippen molar-refractivity contribution in [2.24, 2.45) is 0 Å². The number of phosphoric ester groups is 1. The third kappa shape index (κ3) is 65.9. The molecule has 0 spiro atoms. The van der Waals surface area contributed by atoms with Crippen LogP contribution in [0, 0.1) is 0 Å². The highest BCUT2D eigenvalue weighted by Gasteiger charge is 2.27. The van der Waals surface area contributed by atoms with E-state index >= 15 is 0 Å². The summed E-state index contributed by atoms with van der Waals surface area (Å²) >= 11 is 0. The molecule has 10 heteroatoms. The number of phosphoric acid groups is 1. The maximum absolute atomic E-state index is 12.9. The molecular formula is C71H127NO8P+. The molecule has 468 valence electrons. The quantitative estimate of drug-likeness (QED) is 0.0211. The lowest BCUT2D eigenvalue weighted by Gasteiger charge is -2.24. The lowest BCUT2D eigenvalue weighted by molar-refractivity contribution is -0.870. The van der Waals surface area contributed by atoms with E-state index in [1.54, 1.807) is 0 Å². The number of rotatable bonds is 61. The molecule has 0 aliphatic heterocycles. The van der Waals surface area contributed by atoms with Crippen molar-refractivity contribution in [3.05, 3.63) is 97.2 Å². The summed E-state index contributed by atoms with van der Waals surface area (Å²) < 4.78 is 34.6. The molecule has 0 aromatic heterocycles. The first kappa shape index (κ1) is 77.9. The van der Waals surface area contributed by atoms with Crippen molar-refractivity contribution in [2.45, 2.75) is 296 Å². The Hall–Kier alpha value is -3.07. The molecule has 1 N–H and O–H groups in total. The third-order valence-electron chi connectivity index (χ3n) is 14.3. The van der Waals surface area contributed by atoms with Gasteiger partial charge in [-0.05, 0) is 96.3 Å². The van der Waals surface area contributed by atoms with Crippen LogP contribution in [0.2, 0.25) is 0 Å². The number of unbranched alkanes of at least 4 members (excludes halogenated alkanes) is 31. The number of likely N-dealkylation sites (N-methyl/N-ethyl adjacent to an activating group) is 1. The molecule has 0 heterocycles. The molecule has 81 heavy (non-hydrogen) atoms. The summed E-state index contributed by atoms with van der Waals surface area (Å²) in [5.41, 5.74) is 0. The van der Waals surface area contributed by atoms with Crippen LogP contribution in [0.1, 0.15) is 290 Å². The van der Waals surface area contributed by atoms with Crippen molar-refractivity contribution in [3.8, 4) is 0 Å². The zero-order valence-corrected chi connectivity index (χ0v) is 54.1. The van der Waals surface area contributed by atoms with Crippen LogP contribution in [-0.2, 0) is 32.7 Å². The van der Waals surface area contributed by atoms with Gasteiger partial charge in [0.2, 0.25) is 0 Å². The Labute approximate surface area is 500 Å². The van der Waals surface area contributed by atoms with Gasteiger partial charge in [-0.2, -0.15) is 0 Å². The molecule has 0 amide bonds. The monoisotopic (exact) mass is 1150 g/mol. The number of nitrogens with zero attached hydrogens (tertiary/aromatic N) is 1. The zero-order valence-electron chi connectivity index (χ0n) is 53.2. The average Bonchev–Trinajstić information content (AvgIpc) is 3.43. The molecule has 0 aromatic carbocycles. The van der Waals surface area contributed by atoms with Crippen LogP contribution in [0.4, 0.5) is 0 Å². The van der Waals surface area contributed by atoms with Crippen LogP contribution >= 0.6 is 7.82 Å². The predicted octanol–water partition coefficient (Wildman–Crippen LogP) is 21.5. The second kappa shape index (κ2) is 61.5. The van der Waals surface area contributed by atoms with E-state index in [-0.39, 0.29) is 32.0 Å². The van der Waals surface area contributed by atoms with Gasteiger partial charge in [-0.15, -0.1) is 0 Å². The van der Waals surface area contributed by atoms with Gasteiger partial charge in [0.15, 0.2) is 6.10 Å². The first-order chi connectivity index (χ1) is 39.5. The van der Waals surface area contributed by atoms with Crippen molar-refractivity contribution in [1.82, 2.24) is 0 Å². The van der Waals surface area contributed by atoms with Gasteiger partial charge in [0.05, 0.1) is 27.7 Å². The van der Waals surface area contributed by atoms with E-state index in [2.05, 4.69) is 111 Å². The molecule has 0 saturated heterocycles. The lowest BCUT2D eigenvalue weighted by atomic mass is 10.0. The van der Waals surface area contributed by atoms with Crippen molar-refractivity contribution in [1.29, 1.82) is 0 Å². The Morgan fingerprint density at radius 2 is 0.704 bits per heavy atom. The largest absolute Gasteiger partial charge is 0.472 e. The van der Waals surface area contributed by atoms with E-state index in [4.69, 9.17) is 18.5 Å². The molecular weight excluding hydrogens is 1030 g/mol. The zero-order chi connectivity index (χ0) is 59.1. The standard InChI is InChI=1S/C71H126NO8P/c1-6-8-10-12-14-16-18-20-22-24-26-27-28-29-30-31-32-33-34-35-36-37-38-39-40-41-42-43-44-45-46-48-50-52-54-56-58-60-62-64-71(74)80-69(68-79-81(75,76)78-66-65-72(3,4)5)67-77-70(73)63-61-59-57-55-53-51-49-47-25-23-21-19-17-15-13-11-9-7-2/h8,10,14,16-17,19-20,22-23,25-27,29-30,32-33,69H,6-7,9,11-13,15,18,21,24,28,31,34-68H2,1-5H3/p+1/b10-8-,16-14-,19-17-,22-20-,25-23-,27-26-,30-29-,33-32-. The number of esters is 2. The molecule has 0 radical (unpaired) electrons. The van der Waals surface area contributed by atoms with Crippen LogP contribution in [0.5, 0.6) is 0 Å². The van der Waals surface area contributed by atoms with Gasteiger partial charge in [0.1, 0.15) is 19.8 Å². The summed E-state index contributed by atoms with van der Waals surface area (Å²) in [5, 5.41) is 0. The van der Waals surface area contributed by atoms with Crippen molar-refractivity contribution >= 4 is 19.8 Å². The number of hydrogen-bond donors (Lipinski definition) is 1. The van der Waals surface area contributed by atoms with E-state index in [0.717, 1.165) is 89.9 Å². The SMILES string of the molecule is CC/C=C\C/C=C\C/C=C\C/C=C\C/C=C\C/C=C\CCCCCCCCCCCCCCCCCCCCCCC(=O)OC(COC(=O)CCCCCCCCC/C=C\C/C=C\CCCCCC)COP(=O)(O)OCC[N+](C)(C)C. The summed E-state index contributed by atoms with van der Waals surface area (Å²) in [6.07, 6.45) is 85.1. The van der Waals surface area contributed by atoms with Gasteiger partial charge in [-0.3, -0.25) is 18.6 Å². The highest BCUT2D eigenvalue weighted by Crippen LogP contribution is 2.43. The van der Waals surface area contributed by atoms with Gasteiger partial charge in [0.25, 0.3) is 0 Å². The van der Waals surface area contributed by atoms with Crippen molar-refractivity contribution in [2.75, 3.05) is 47.5 Å². The van der Waals surface area contributed by atoms with Gasteiger partial charge < -0.3 is 18.9 Å². The van der Waals surface area contributed by atoms with Gasteiger partial charge >= 0.3 is 19.8 Å². The molecule has 2 unspecified atom stereocenters. The van der Waals surface area contributed by atoms with Gasteiger partial charge in [0, 0.05) is 12.8 Å². The Morgan fingerprint density at radius 1 is 0.395 bits per heavy atom. The molecule has 0 bridgehead atoms. The fraction of sp³-hybridized carbons (Fsp3) is 0.746. The summed E-state index contributed by atoms with van der Waals surface area (Å²) in [5.74, 6) is -0.799. The van der Waals surface area contributed by atoms with Crippen LogP contribution in [0.3, 0.4) is 0 Å². The minimum atomic E-state index is -4.39. The number of quaternary nitrogens is 1. The Balaban J connectivity index is 3.98. The van der Waals surface area contributed by atoms with E-state index in [9.17, 15) is 19.0 Å². The van der Waals surface area contributed by atoms with Crippen molar-refractivity contribution < 1.29 is 42.1 Å². The molecule has 0 aromatic rings. The Kier molecular flexibility index (Phi) is 59.2. The van der Waals surface area contributed by atoms with E-state index in [0.29, 0.717) is 17.4 Å². The molecule has 0 rings (SSSR count). The fourth-order valence-corrected chi connectivity index (χ4v) is 9.97. The summed E-state index contributed by atoms with van der Waals surface area (Å²) in [6.45, 7) is 4.32. The molecule has 0 saturated carbocycles. The van der Waals surface area contributed by atoms with Gasteiger partial charge in [-0.1, -0.05) is 278 Å². The molecule has 2 atom stereocenters.